The number of hydrogen-bond donors (Lipinski definition) is 0. The van der Waals surface area contributed by atoms with Gasteiger partial charge >= 0.3 is 0 Å². The van der Waals surface area contributed by atoms with Crippen molar-refractivity contribution in [2.45, 2.75) is 51.9 Å². The van der Waals surface area contributed by atoms with Crippen LogP contribution in [0.15, 0.2) is 30.3 Å². The summed E-state index contributed by atoms with van der Waals surface area (Å²) in [6.07, 6.45) is 7.09. The van der Waals surface area contributed by atoms with Crippen LogP contribution in [0.3, 0.4) is 0 Å². The molecule has 2 nitrogen and oxygen atoms in total. The molecule has 1 aromatic carbocycles. The average Bonchev–Trinajstić information content (AvgIpc) is 2.88. The summed E-state index contributed by atoms with van der Waals surface area (Å²) in [4.78, 5) is 14.9. The van der Waals surface area contributed by atoms with Gasteiger partial charge < -0.3 is 4.90 Å². The lowest BCUT2D eigenvalue weighted by Crippen LogP contribution is -2.32. The fourth-order valence-electron chi connectivity index (χ4n) is 2.93. The number of rotatable bonds is 7. The van der Waals surface area contributed by atoms with Crippen LogP contribution in [-0.4, -0.2) is 22.3 Å². The predicted octanol–water partition coefficient (Wildman–Crippen LogP) is 4.38. The van der Waals surface area contributed by atoms with Crippen LogP contribution in [0.25, 0.3) is 0 Å². The van der Waals surface area contributed by atoms with Crippen molar-refractivity contribution in [1.82, 2.24) is 4.90 Å². The van der Waals surface area contributed by atoms with Gasteiger partial charge in [-0.3, -0.25) is 4.79 Å². The molecule has 0 aromatic heterocycles. The number of carbonyl (C=O) groups excluding carboxylic acids is 1. The first-order chi connectivity index (χ1) is 10.2. The summed E-state index contributed by atoms with van der Waals surface area (Å²) in [5.41, 5.74) is 1.38. The second-order valence-corrected chi connectivity index (χ2v) is 6.24. The zero-order valence-electron chi connectivity index (χ0n) is 12.9. The van der Waals surface area contributed by atoms with Crippen molar-refractivity contribution in [2.24, 2.45) is 5.92 Å². The topological polar surface area (TPSA) is 20.3 Å². The summed E-state index contributed by atoms with van der Waals surface area (Å²) in [7, 11) is 0. The van der Waals surface area contributed by atoms with Gasteiger partial charge in [0.25, 0.3) is 0 Å². The largest absolute Gasteiger partial charge is 0.306 e. The average molecular weight is 303 g/mol. The van der Waals surface area contributed by atoms with E-state index in [9.17, 15) is 4.79 Å². The number of nitrogens with zero attached hydrogens (tertiary/aromatic N) is 1. The zero-order valence-corrected chi connectivity index (χ0v) is 13.7. The van der Waals surface area contributed by atoms with Crippen LogP contribution in [0.2, 0.25) is 0 Å². The van der Waals surface area contributed by atoms with E-state index in [1.54, 1.807) is 0 Å². The van der Waals surface area contributed by atoms with Gasteiger partial charge in [0.05, 0.1) is 4.99 Å². The minimum atomic E-state index is 0.232. The first-order valence-corrected chi connectivity index (χ1v) is 8.51. The molecule has 1 aliphatic rings. The SMILES string of the molecule is CCC1CCN(C(=O)CCCCCc2ccccc2)C1=S. The lowest BCUT2D eigenvalue weighted by atomic mass is 10.1. The van der Waals surface area contributed by atoms with Gasteiger partial charge in [0.15, 0.2) is 0 Å². The van der Waals surface area contributed by atoms with Crippen molar-refractivity contribution in [2.75, 3.05) is 6.54 Å². The Hall–Kier alpha value is -1.22. The molecule has 1 saturated heterocycles. The number of carbonyl (C=O) groups is 1. The maximum Gasteiger partial charge on any atom is 0.227 e. The van der Waals surface area contributed by atoms with Gasteiger partial charge in [0.2, 0.25) is 5.91 Å². The number of hydrogen-bond acceptors (Lipinski definition) is 2. The molecule has 1 amide bonds. The van der Waals surface area contributed by atoms with Crippen LogP contribution < -0.4 is 0 Å². The van der Waals surface area contributed by atoms with Gasteiger partial charge in [-0.2, -0.15) is 0 Å². The molecule has 1 heterocycles. The maximum atomic E-state index is 12.2. The number of aryl methyl sites for hydroxylation is 1. The van der Waals surface area contributed by atoms with Crippen LogP contribution in [0, 0.1) is 5.92 Å². The van der Waals surface area contributed by atoms with E-state index < -0.39 is 0 Å². The van der Waals surface area contributed by atoms with Crippen molar-refractivity contribution in [3.63, 3.8) is 0 Å². The molecule has 0 saturated carbocycles. The van der Waals surface area contributed by atoms with Crippen LogP contribution in [0.1, 0.15) is 51.0 Å². The summed E-state index contributed by atoms with van der Waals surface area (Å²) in [5, 5.41) is 0. The van der Waals surface area contributed by atoms with Gasteiger partial charge in [-0.15, -0.1) is 0 Å². The third-order valence-electron chi connectivity index (χ3n) is 4.31. The molecular formula is C18H25NOS. The molecule has 1 unspecified atom stereocenters. The van der Waals surface area contributed by atoms with Gasteiger partial charge in [0, 0.05) is 18.9 Å². The molecule has 1 fully saturated rings. The van der Waals surface area contributed by atoms with E-state index >= 15 is 0 Å². The van der Waals surface area contributed by atoms with E-state index in [2.05, 4.69) is 31.2 Å². The monoisotopic (exact) mass is 303 g/mol. The number of thiocarbonyl (C=S) groups is 1. The Morgan fingerprint density at radius 2 is 2.00 bits per heavy atom. The van der Waals surface area contributed by atoms with Gasteiger partial charge in [-0.25, -0.2) is 0 Å². The fraction of sp³-hybridized carbons (Fsp3) is 0.556. The molecule has 0 radical (unpaired) electrons. The Kier molecular flexibility index (Phi) is 6.37. The first-order valence-electron chi connectivity index (χ1n) is 8.10. The molecule has 0 N–H and O–H groups in total. The molecule has 21 heavy (non-hydrogen) atoms. The predicted molar refractivity (Wildman–Crippen MR) is 91.3 cm³/mol. The van der Waals surface area contributed by atoms with Crippen molar-refractivity contribution >= 4 is 23.1 Å². The van der Waals surface area contributed by atoms with E-state index in [4.69, 9.17) is 12.2 Å². The Labute approximate surface area is 133 Å². The molecule has 1 aromatic rings. The summed E-state index contributed by atoms with van der Waals surface area (Å²) in [6.45, 7) is 2.98. The van der Waals surface area contributed by atoms with Crippen molar-refractivity contribution in [3.05, 3.63) is 35.9 Å². The highest BCUT2D eigenvalue weighted by atomic mass is 32.1. The molecular weight excluding hydrogens is 278 g/mol. The summed E-state index contributed by atoms with van der Waals surface area (Å²) in [6, 6.07) is 10.5. The fourth-order valence-corrected chi connectivity index (χ4v) is 3.40. The smallest absolute Gasteiger partial charge is 0.227 e. The van der Waals surface area contributed by atoms with Crippen molar-refractivity contribution in [1.29, 1.82) is 0 Å². The normalized spacial score (nSPS) is 18.2. The Morgan fingerprint density at radius 3 is 2.67 bits per heavy atom. The molecule has 1 aliphatic heterocycles. The Morgan fingerprint density at radius 1 is 1.24 bits per heavy atom. The molecule has 0 spiro atoms. The van der Waals surface area contributed by atoms with E-state index in [-0.39, 0.29) is 5.91 Å². The number of unbranched alkanes of at least 4 members (excludes halogenated alkanes) is 2. The minimum absolute atomic E-state index is 0.232. The van der Waals surface area contributed by atoms with E-state index in [0.29, 0.717) is 12.3 Å². The highest BCUT2D eigenvalue weighted by Crippen LogP contribution is 2.23. The maximum absolute atomic E-state index is 12.2. The third kappa shape index (κ3) is 4.63. The lowest BCUT2D eigenvalue weighted by molar-refractivity contribution is -0.127. The third-order valence-corrected chi connectivity index (χ3v) is 4.86. The quantitative estimate of drug-likeness (QED) is 0.550. The first kappa shape index (κ1) is 16.2. The number of likely N-dealkylation sites (tertiary alicyclic amines) is 1. The van der Waals surface area contributed by atoms with E-state index in [1.807, 2.05) is 11.0 Å². The number of benzene rings is 1. The highest BCUT2D eigenvalue weighted by molar-refractivity contribution is 7.80. The molecule has 0 bridgehead atoms. The van der Waals surface area contributed by atoms with Crippen LogP contribution in [0.4, 0.5) is 0 Å². The summed E-state index contributed by atoms with van der Waals surface area (Å²) < 4.78 is 0. The van der Waals surface area contributed by atoms with Crippen molar-refractivity contribution in [3.8, 4) is 0 Å². The van der Waals surface area contributed by atoms with Gasteiger partial charge in [0.1, 0.15) is 0 Å². The van der Waals surface area contributed by atoms with Gasteiger partial charge in [-0.1, -0.05) is 55.9 Å². The van der Waals surface area contributed by atoms with Crippen LogP contribution in [0.5, 0.6) is 0 Å². The van der Waals surface area contributed by atoms with Gasteiger partial charge in [-0.05, 0) is 37.7 Å². The highest BCUT2D eigenvalue weighted by Gasteiger charge is 2.30. The second-order valence-electron chi connectivity index (χ2n) is 5.82. The molecule has 3 heteroatoms. The Bertz CT molecular complexity index is 471. The summed E-state index contributed by atoms with van der Waals surface area (Å²) >= 11 is 5.41. The van der Waals surface area contributed by atoms with E-state index in [1.165, 1.54) is 5.56 Å². The molecule has 0 aliphatic carbocycles. The molecule has 2 rings (SSSR count). The minimum Gasteiger partial charge on any atom is -0.306 e. The lowest BCUT2D eigenvalue weighted by Gasteiger charge is -2.17. The second kappa shape index (κ2) is 8.28. The van der Waals surface area contributed by atoms with Crippen LogP contribution in [-0.2, 0) is 11.2 Å². The van der Waals surface area contributed by atoms with Crippen molar-refractivity contribution < 1.29 is 4.79 Å². The molecule has 1 atom stereocenters. The Balaban J connectivity index is 1.63. The summed E-state index contributed by atoms with van der Waals surface area (Å²) in [5.74, 6) is 0.678. The van der Waals surface area contributed by atoms with E-state index in [0.717, 1.165) is 50.1 Å². The zero-order chi connectivity index (χ0) is 15.1. The molecule has 114 valence electrons. The standard InChI is InChI=1S/C18H25NOS/c1-2-16-13-14-19(18(16)21)17(20)12-8-4-7-11-15-9-5-3-6-10-15/h3,5-6,9-10,16H,2,4,7-8,11-14H2,1H3. The van der Waals surface area contributed by atoms with Crippen LogP contribution >= 0.6 is 12.2 Å². The number of amides is 1.